The third-order valence-corrected chi connectivity index (χ3v) is 5.32. The van der Waals surface area contributed by atoms with Gasteiger partial charge in [-0.15, -0.1) is 0 Å². The molecule has 1 fully saturated rings. The third kappa shape index (κ3) is 2.68. The summed E-state index contributed by atoms with van der Waals surface area (Å²) in [6.45, 7) is 5.74. The molecule has 0 unspecified atom stereocenters. The van der Waals surface area contributed by atoms with Crippen LogP contribution in [0.3, 0.4) is 0 Å². The van der Waals surface area contributed by atoms with Gasteiger partial charge < -0.3 is 9.64 Å². The molecule has 1 amide bonds. The Hall–Kier alpha value is -2.30. The number of hydrogen-bond acceptors (Lipinski definition) is 3. The lowest BCUT2D eigenvalue weighted by Crippen LogP contribution is -2.46. The summed E-state index contributed by atoms with van der Waals surface area (Å²) in [5.74, 6) is 1.34. The summed E-state index contributed by atoms with van der Waals surface area (Å²) in [6.07, 6.45) is 4.20. The van der Waals surface area contributed by atoms with Gasteiger partial charge in [0.15, 0.2) is 6.10 Å². The number of aryl methyl sites for hydroxylation is 2. The molecule has 1 N–H and O–H groups in total. The number of H-pyrrole nitrogens is 1. The minimum atomic E-state index is -0.373. The van der Waals surface area contributed by atoms with Gasteiger partial charge in [-0.1, -0.05) is 6.07 Å². The Bertz CT molecular complexity index is 723. The first kappa shape index (κ1) is 15.2. The number of benzene rings is 1. The van der Waals surface area contributed by atoms with Crippen LogP contribution in [-0.2, 0) is 11.2 Å². The van der Waals surface area contributed by atoms with Crippen LogP contribution >= 0.6 is 0 Å². The molecule has 2 aliphatic heterocycles. The molecular formula is C19H23N3O2. The Morgan fingerprint density at radius 3 is 2.96 bits per heavy atom. The van der Waals surface area contributed by atoms with E-state index in [0.29, 0.717) is 12.3 Å². The number of amides is 1. The van der Waals surface area contributed by atoms with Crippen LogP contribution in [0, 0.1) is 13.8 Å². The van der Waals surface area contributed by atoms with Crippen molar-refractivity contribution in [2.75, 3.05) is 13.1 Å². The highest BCUT2D eigenvalue weighted by Gasteiger charge is 2.35. The number of fused-ring (bicyclic) bond motifs is 1. The predicted octanol–water partition coefficient (Wildman–Crippen LogP) is 2.74. The van der Waals surface area contributed by atoms with Gasteiger partial charge in [0, 0.05) is 37.3 Å². The van der Waals surface area contributed by atoms with Gasteiger partial charge in [0.25, 0.3) is 5.91 Å². The van der Waals surface area contributed by atoms with Crippen molar-refractivity contribution in [2.24, 2.45) is 0 Å². The molecule has 0 spiro atoms. The molecule has 0 saturated carbocycles. The number of piperidine rings is 1. The van der Waals surface area contributed by atoms with Crippen LogP contribution in [0.5, 0.6) is 5.75 Å². The normalized spacial score (nSPS) is 23.0. The highest BCUT2D eigenvalue weighted by Crippen LogP contribution is 2.33. The zero-order valence-corrected chi connectivity index (χ0v) is 14.2. The van der Waals surface area contributed by atoms with Crippen LogP contribution in [0.15, 0.2) is 24.4 Å². The number of likely N-dealkylation sites (tertiary alicyclic amines) is 1. The van der Waals surface area contributed by atoms with Crippen molar-refractivity contribution in [1.29, 1.82) is 0 Å². The van der Waals surface area contributed by atoms with Crippen molar-refractivity contribution in [3.8, 4) is 5.75 Å². The van der Waals surface area contributed by atoms with Crippen LogP contribution in [0.4, 0.5) is 0 Å². The van der Waals surface area contributed by atoms with Crippen molar-refractivity contribution < 1.29 is 9.53 Å². The molecule has 1 saturated heterocycles. The molecule has 1 aromatic carbocycles. The lowest BCUT2D eigenvalue weighted by molar-refractivity contribution is -0.139. The largest absolute Gasteiger partial charge is 0.480 e. The van der Waals surface area contributed by atoms with E-state index in [1.54, 1.807) is 6.20 Å². The molecule has 126 valence electrons. The lowest BCUT2D eigenvalue weighted by Gasteiger charge is -2.33. The second-order valence-corrected chi connectivity index (χ2v) is 6.99. The smallest absolute Gasteiger partial charge is 0.264 e. The maximum Gasteiger partial charge on any atom is 0.264 e. The first-order valence-corrected chi connectivity index (χ1v) is 8.66. The van der Waals surface area contributed by atoms with Gasteiger partial charge in [0.05, 0.1) is 0 Å². The number of ether oxygens (including phenoxy) is 1. The number of hydrogen-bond donors (Lipinski definition) is 1. The van der Waals surface area contributed by atoms with Crippen molar-refractivity contribution in [3.05, 3.63) is 46.8 Å². The molecule has 2 atom stereocenters. The predicted molar refractivity (Wildman–Crippen MR) is 91.2 cm³/mol. The number of rotatable bonds is 2. The SMILES string of the molecule is Cc1cc2c(cc1C)O[C@@H](C(=O)N1CCC[C@@H](c3ccn[nH]3)C1)C2. The van der Waals surface area contributed by atoms with Crippen molar-refractivity contribution in [1.82, 2.24) is 15.1 Å². The molecule has 5 heteroatoms. The fourth-order valence-corrected chi connectivity index (χ4v) is 3.78. The van der Waals surface area contributed by atoms with E-state index in [0.717, 1.165) is 42.9 Å². The molecule has 2 aromatic rings. The summed E-state index contributed by atoms with van der Waals surface area (Å²) >= 11 is 0. The van der Waals surface area contributed by atoms with Crippen LogP contribution in [0.25, 0.3) is 0 Å². The quantitative estimate of drug-likeness (QED) is 0.923. The summed E-state index contributed by atoms with van der Waals surface area (Å²) in [5.41, 5.74) is 4.73. The zero-order chi connectivity index (χ0) is 16.7. The average molecular weight is 325 g/mol. The van der Waals surface area contributed by atoms with Crippen molar-refractivity contribution in [3.63, 3.8) is 0 Å². The summed E-state index contributed by atoms with van der Waals surface area (Å²) in [5, 5.41) is 7.08. The molecule has 4 rings (SSSR count). The van der Waals surface area contributed by atoms with Gasteiger partial charge >= 0.3 is 0 Å². The van der Waals surface area contributed by atoms with E-state index in [2.05, 4.69) is 36.2 Å². The highest BCUT2D eigenvalue weighted by molar-refractivity contribution is 5.83. The van der Waals surface area contributed by atoms with Crippen molar-refractivity contribution >= 4 is 5.91 Å². The molecule has 1 aromatic heterocycles. The minimum Gasteiger partial charge on any atom is -0.480 e. The standard InChI is InChI=1S/C19H23N3O2/c1-12-8-15-10-18(24-17(15)9-13(12)2)19(23)22-7-3-4-14(11-22)16-5-6-20-21-16/h5-6,8-9,14,18H,3-4,7,10-11H2,1-2H3,(H,20,21)/t14-,18-/m1/s1. The van der Waals surface area contributed by atoms with E-state index >= 15 is 0 Å². The van der Waals surface area contributed by atoms with Gasteiger partial charge in [-0.05, 0) is 55.5 Å². The lowest BCUT2D eigenvalue weighted by atomic mass is 9.94. The Morgan fingerprint density at radius 2 is 2.17 bits per heavy atom. The maximum absolute atomic E-state index is 12.9. The monoisotopic (exact) mass is 325 g/mol. The van der Waals surface area contributed by atoms with E-state index in [1.807, 2.05) is 11.0 Å². The number of carbonyl (C=O) groups excluding carboxylic acids is 1. The first-order chi connectivity index (χ1) is 11.6. The van der Waals surface area contributed by atoms with Gasteiger partial charge in [-0.25, -0.2) is 0 Å². The average Bonchev–Trinajstić information content (AvgIpc) is 3.24. The van der Waals surface area contributed by atoms with Gasteiger partial charge in [-0.2, -0.15) is 5.10 Å². The summed E-state index contributed by atoms with van der Waals surface area (Å²) in [6, 6.07) is 6.22. The molecule has 5 nitrogen and oxygen atoms in total. The number of nitrogens with zero attached hydrogens (tertiary/aromatic N) is 2. The van der Waals surface area contributed by atoms with E-state index < -0.39 is 0 Å². The topological polar surface area (TPSA) is 58.2 Å². The van der Waals surface area contributed by atoms with Crippen LogP contribution in [-0.4, -0.2) is 40.2 Å². The molecule has 24 heavy (non-hydrogen) atoms. The highest BCUT2D eigenvalue weighted by atomic mass is 16.5. The summed E-state index contributed by atoms with van der Waals surface area (Å²) < 4.78 is 5.97. The van der Waals surface area contributed by atoms with Crippen LogP contribution < -0.4 is 4.74 Å². The number of aromatic amines is 1. The fourth-order valence-electron chi connectivity index (χ4n) is 3.78. The van der Waals surface area contributed by atoms with Crippen LogP contribution in [0.2, 0.25) is 0 Å². The Balaban J connectivity index is 1.46. The van der Waals surface area contributed by atoms with Crippen LogP contribution in [0.1, 0.15) is 41.1 Å². The van der Waals surface area contributed by atoms with E-state index in [1.165, 1.54) is 11.1 Å². The fraction of sp³-hybridized carbons (Fsp3) is 0.474. The van der Waals surface area contributed by atoms with Crippen molar-refractivity contribution in [2.45, 2.75) is 45.1 Å². The number of carbonyl (C=O) groups is 1. The first-order valence-electron chi connectivity index (χ1n) is 8.66. The second-order valence-electron chi connectivity index (χ2n) is 6.99. The zero-order valence-electron chi connectivity index (χ0n) is 14.2. The molecule has 0 aliphatic carbocycles. The minimum absolute atomic E-state index is 0.116. The molecule has 0 bridgehead atoms. The third-order valence-electron chi connectivity index (χ3n) is 5.32. The Labute approximate surface area is 142 Å². The maximum atomic E-state index is 12.9. The Kier molecular flexibility index (Phi) is 3.79. The van der Waals surface area contributed by atoms with Gasteiger partial charge in [-0.3, -0.25) is 9.89 Å². The molecule has 0 radical (unpaired) electrons. The van der Waals surface area contributed by atoms with E-state index in [9.17, 15) is 4.79 Å². The molecular weight excluding hydrogens is 302 g/mol. The summed E-state index contributed by atoms with van der Waals surface area (Å²) in [7, 11) is 0. The van der Waals surface area contributed by atoms with E-state index in [4.69, 9.17) is 4.74 Å². The number of nitrogens with one attached hydrogen (secondary N) is 1. The number of aromatic nitrogens is 2. The van der Waals surface area contributed by atoms with Gasteiger partial charge in [0.1, 0.15) is 5.75 Å². The van der Waals surface area contributed by atoms with E-state index in [-0.39, 0.29) is 12.0 Å². The van der Waals surface area contributed by atoms with Gasteiger partial charge in [0.2, 0.25) is 0 Å². The second kappa shape index (κ2) is 5.96. The Morgan fingerprint density at radius 1 is 1.33 bits per heavy atom. The summed E-state index contributed by atoms with van der Waals surface area (Å²) in [4.78, 5) is 14.9. The molecule has 2 aliphatic rings. The molecule has 3 heterocycles.